The molecule has 1 saturated heterocycles. The largest absolute Gasteiger partial charge is 0.371 e. The Balaban J connectivity index is 1.60. The van der Waals surface area contributed by atoms with Gasteiger partial charge >= 0.3 is 0 Å². The van der Waals surface area contributed by atoms with Crippen LogP contribution in [0.1, 0.15) is 24.4 Å². The maximum Gasteiger partial charge on any atom is 0.239 e. The topological polar surface area (TPSA) is 58.4 Å². The van der Waals surface area contributed by atoms with E-state index in [9.17, 15) is 4.79 Å². The summed E-state index contributed by atoms with van der Waals surface area (Å²) in [6.07, 6.45) is 2.01. The van der Waals surface area contributed by atoms with Crippen molar-refractivity contribution in [2.75, 3.05) is 18.0 Å². The van der Waals surface area contributed by atoms with Crippen molar-refractivity contribution in [1.29, 1.82) is 0 Å². The molecule has 1 amide bonds. The predicted molar refractivity (Wildman–Crippen MR) is 93.2 cm³/mol. The summed E-state index contributed by atoms with van der Waals surface area (Å²) in [5.74, 6) is -0.318. The second-order valence-electron chi connectivity index (χ2n) is 6.01. The first-order valence-electron chi connectivity index (χ1n) is 8.14. The van der Waals surface area contributed by atoms with Crippen molar-refractivity contribution in [3.05, 3.63) is 66.2 Å². The van der Waals surface area contributed by atoms with E-state index in [0.717, 1.165) is 31.5 Å². The van der Waals surface area contributed by atoms with Gasteiger partial charge in [0.05, 0.1) is 0 Å². The van der Waals surface area contributed by atoms with Crippen LogP contribution in [0, 0.1) is 0 Å². The van der Waals surface area contributed by atoms with Gasteiger partial charge in [0.2, 0.25) is 5.91 Å². The summed E-state index contributed by atoms with van der Waals surface area (Å²) >= 11 is 0. The summed E-state index contributed by atoms with van der Waals surface area (Å²) in [6.45, 7) is 1.98. The first kappa shape index (κ1) is 15.6. The second-order valence-corrected chi connectivity index (χ2v) is 6.01. The number of carbonyl (C=O) groups excluding carboxylic acids is 1. The lowest BCUT2D eigenvalue weighted by molar-refractivity contribution is -0.120. The number of nitrogens with two attached hydrogens (primary N) is 1. The summed E-state index contributed by atoms with van der Waals surface area (Å²) in [7, 11) is 0. The van der Waals surface area contributed by atoms with E-state index in [4.69, 9.17) is 5.73 Å². The molecule has 0 spiro atoms. The van der Waals surface area contributed by atoms with Crippen LogP contribution >= 0.6 is 0 Å². The molecule has 1 heterocycles. The Morgan fingerprint density at radius 2 is 1.57 bits per heavy atom. The minimum Gasteiger partial charge on any atom is -0.371 e. The number of piperidine rings is 1. The molecule has 4 heteroatoms. The fourth-order valence-corrected chi connectivity index (χ4v) is 3.17. The molecule has 3 N–H and O–H groups in total. The molecule has 1 fully saturated rings. The highest BCUT2D eigenvalue weighted by atomic mass is 16.1. The van der Waals surface area contributed by atoms with Gasteiger partial charge in [-0.25, -0.2) is 0 Å². The van der Waals surface area contributed by atoms with Gasteiger partial charge in [0.25, 0.3) is 0 Å². The zero-order valence-electron chi connectivity index (χ0n) is 13.2. The number of benzene rings is 2. The Kier molecular flexibility index (Phi) is 4.93. The Morgan fingerprint density at radius 3 is 2.13 bits per heavy atom. The van der Waals surface area contributed by atoms with Crippen LogP contribution < -0.4 is 16.0 Å². The average Bonchev–Trinajstić information content (AvgIpc) is 2.61. The summed E-state index contributed by atoms with van der Waals surface area (Å²) in [4.78, 5) is 14.2. The lowest BCUT2D eigenvalue weighted by Gasteiger charge is -2.35. The Labute approximate surface area is 137 Å². The molecule has 3 rings (SSSR count). The van der Waals surface area contributed by atoms with Crippen LogP contribution in [0.3, 0.4) is 0 Å². The standard InChI is InChI=1S/C19H23N3O/c20-19(23)18(15-7-3-1-4-8-15)21-16-11-13-22(14-12-16)17-9-5-2-6-10-17/h1-10,16,18,21H,11-14H2,(H2,20,23)/t18-/m0/s1. The predicted octanol–water partition coefficient (Wildman–Crippen LogP) is 2.47. The van der Waals surface area contributed by atoms with Gasteiger partial charge in [-0.3, -0.25) is 10.1 Å². The average molecular weight is 309 g/mol. The quantitative estimate of drug-likeness (QED) is 0.892. The maximum absolute atomic E-state index is 11.8. The molecule has 1 aliphatic heterocycles. The summed E-state index contributed by atoms with van der Waals surface area (Å²) < 4.78 is 0. The molecule has 120 valence electrons. The van der Waals surface area contributed by atoms with Crippen LogP contribution in [0.5, 0.6) is 0 Å². The van der Waals surface area contributed by atoms with E-state index in [1.165, 1.54) is 5.69 Å². The van der Waals surface area contributed by atoms with Gasteiger partial charge in [0.1, 0.15) is 6.04 Å². The molecular formula is C19H23N3O. The van der Waals surface area contributed by atoms with Crippen LogP contribution in [0.25, 0.3) is 0 Å². The van der Waals surface area contributed by atoms with Gasteiger partial charge in [-0.2, -0.15) is 0 Å². The highest BCUT2D eigenvalue weighted by Gasteiger charge is 2.25. The minimum atomic E-state index is -0.413. The monoisotopic (exact) mass is 309 g/mol. The number of nitrogens with zero attached hydrogens (tertiary/aromatic N) is 1. The maximum atomic E-state index is 11.8. The number of carbonyl (C=O) groups is 1. The molecule has 0 bridgehead atoms. The zero-order valence-corrected chi connectivity index (χ0v) is 13.2. The Morgan fingerprint density at radius 1 is 1.00 bits per heavy atom. The van der Waals surface area contributed by atoms with E-state index in [1.807, 2.05) is 36.4 Å². The third-order valence-electron chi connectivity index (χ3n) is 4.44. The van der Waals surface area contributed by atoms with E-state index in [1.54, 1.807) is 0 Å². The lowest BCUT2D eigenvalue weighted by atomic mass is 10.00. The Bertz CT molecular complexity index is 622. The number of nitrogens with one attached hydrogen (secondary N) is 1. The van der Waals surface area contributed by atoms with Gasteiger partial charge in [0.15, 0.2) is 0 Å². The second kappa shape index (κ2) is 7.29. The normalized spacial score (nSPS) is 17.0. The summed E-state index contributed by atoms with van der Waals surface area (Å²) in [5.41, 5.74) is 7.79. The molecule has 1 aliphatic rings. The highest BCUT2D eigenvalue weighted by Crippen LogP contribution is 2.21. The first-order chi connectivity index (χ1) is 11.2. The van der Waals surface area contributed by atoms with Crippen molar-refractivity contribution in [1.82, 2.24) is 5.32 Å². The molecule has 0 aromatic heterocycles. The van der Waals surface area contributed by atoms with Gasteiger partial charge < -0.3 is 10.6 Å². The molecule has 0 radical (unpaired) electrons. The van der Waals surface area contributed by atoms with Crippen LogP contribution in [-0.2, 0) is 4.79 Å². The SMILES string of the molecule is NC(=O)[C@@H](NC1CCN(c2ccccc2)CC1)c1ccccc1. The van der Waals surface area contributed by atoms with Crippen LogP contribution in [0.4, 0.5) is 5.69 Å². The van der Waals surface area contributed by atoms with Gasteiger partial charge in [-0.05, 0) is 30.5 Å². The van der Waals surface area contributed by atoms with Crippen molar-refractivity contribution in [2.24, 2.45) is 5.73 Å². The molecule has 0 saturated carbocycles. The number of rotatable bonds is 5. The van der Waals surface area contributed by atoms with Crippen LogP contribution in [0.2, 0.25) is 0 Å². The molecule has 2 aromatic rings. The number of para-hydroxylation sites is 1. The van der Waals surface area contributed by atoms with Gasteiger partial charge in [-0.1, -0.05) is 48.5 Å². The van der Waals surface area contributed by atoms with E-state index in [-0.39, 0.29) is 5.91 Å². The molecule has 4 nitrogen and oxygen atoms in total. The Hall–Kier alpha value is -2.33. The van der Waals surface area contributed by atoms with Crippen LogP contribution in [-0.4, -0.2) is 25.0 Å². The van der Waals surface area contributed by atoms with Crippen molar-refractivity contribution >= 4 is 11.6 Å². The summed E-state index contributed by atoms with van der Waals surface area (Å²) in [6, 6.07) is 20.1. The molecule has 0 unspecified atom stereocenters. The van der Waals surface area contributed by atoms with E-state index >= 15 is 0 Å². The van der Waals surface area contributed by atoms with Crippen molar-refractivity contribution in [3.63, 3.8) is 0 Å². The third kappa shape index (κ3) is 3.90. The molecule has 0 aliphatic carbocycles. The number of hydrogen-bond acceptors (Lipinski definition) is 3. The molecule has 2 aromatic carbocycles. The highest BCUT2D eigenvalue weighted by molar-refractivity contribution is 5.81. The van der Waals surface area contributed by atoms with Crippen molar-refractivity contribution in [2.45, 2.75) is 24.9 Å². The fraction of sp³-hybridized carbons (Fsp3) is 0.316. The minimum absolute atomic E-state index is 0.313. The fourth-order valence-electron chi connectivity index (χ4n) is 3.17. The molecular weight excluding hydrogens is 286 g/mol. The zero-order chi connectivity index (χ0) is 16.1. The first-order valence-corrected chi connectivity index (χ1v) is 8.14. The van der Waals surface area contributed by atoms with Crippen LogP contribution in [0.15, 0.2) is 60.7 Å². The van der Waals surface area contributed by atoms with E-state index < -0.39 is 6.04 Å². The van der Waals surface area contributed by atoms with Crippen molar-refractivity contribution in [3.8, 4) is 0 Å². The van der Waals surface area contributed by atoms with Gasteiger partial charge in [-0.15, -0.1) is 0 Å². The number of anilines is 1. The number of hydrogen-bond donors (Lipinski definition) is 2. The van der Waals surface area contributed by atoms with Crippen molar-refractivity contribution < 1.29 is 4.79 Å². The lowest BCUT2D eigenvalue weighted by Crippen LogP contribution is -2.46. The van der Waals surface area contributed by atoms with E-state index in [2.05, 4.69) is 34.5 Å². The number of amides is 1. The smallest absolute Gasteiger partial charge is 0.239 e. The van der Waals surface area contributed by atoms with Gasteiger partial charge in [0, 0.05) is 24.8 Å². The van der Waals surface area contributed by atoms with E-state index in [0.29, 0.717) is 6.04 Å². The third-order valence-corrected chi connectivity index (χ3v) is 4.44. The molecule has 23 heavy (non-hydrogen) atoms. The molecule has 1 atom stereocenters. The number of primary amides is 1. The summed E-state index contributed by atoms with van der Waals surface area (Å²) in [5, 5.41) is 3.44.